The average molecular weight is 751 g/mol. The van der Waals surface area contributed by atoms with E-state index in [1.54, 1.807) is 11.1 Å². The van der Waals surface area contributed by atoms with Gasteiger partial charge in [-0.1, -0.05) is 154 Å². The van der Waals surface area contributed by atoms with Crippen LogP contribution in [0.4, 0.5) is 0 Å². The fraction of sp³-hybridized carbons (Fsp3) is 0.310. The zero-order valence-corrected chi connectivity index (χ0v) is 34.7. The Morgan fingerprint density at radius 3 is 2.00 bits per heavy atom. The van der Waals surface area contributed by atoms with Crippen LogP contribution in [-0.2, 0) is 10.8 Å². The molecule has 3 aromatic rings. The summed E-state index contributed by atoms with van der Waals surface area (Å²) in [6, 6.07) is 21.1. The Kier molecular flexibility index (Phi) is 7.59. The van der Waals surface area contributed by atoms with Crippen LogP contribution < -0.4 is 10.4 Å². The third-order valence-electron chi connectivity index (χ3n) is 15.9. The van der Waals surface area contributed by atoms with E-state index in [4.69, 9.17) is 0 Å². The Balaban J connectivity index is 1.05. The normalized spacial score (nSPS) is 26.4. The third kappa shape index (κ3) is 5.00. The molecule has 58 heavy (non-hydrogen) atoms. The van der Waals surface area contributed by atoms with Crippen molar-refractivity contribution in [2.75, 3.05) is 0 Å². The first-order valence-electron chi connectivity index (χ1n) is 22.4. The van der Waals surface area contributed by atoms with E-state index in [0.29, 0.717) is 11.8 Å². The topological polar surface area (TPSA) is 0 Å². The highest BCUT2D eigenvalue weighted by molar-refractivity contribution is 5.94. The molecule has 0 bridgehead atoms. The van der Waals surface area contributed by atoms with Crippen LogP contribution in [-0.4, -0.2) is 0 Å². The molecule has 0 N–H and O–H groups in total. The first kappa shape index (κ1) is 34.8. The first-order valence-corrected chi connectivity index (χ1v) is 22.4. The summed E-state index contributed by atoms with van der Waals surface area (Å²) in [5, 5.41) is 2.95. The van der Waals surface area contributed by atoms with Crippen molar-refractivity contribution in [2.45, 2.75) is 102 Å². The summed E-state index contributed by atoms with van der Waals surface area (Å²) >= 11 is 0. The third-order valence-corrected chi connectivity index (χ3v) is 15.9. The lowest BCUT2D eigenvalue weighted by Crippen LogP contribution is -2.37. The van der Waals surface area contributed by atoms with Crippen LogP contribution >= 0.6 is 0 Å². The van der Waals surface area contributed by atoms with Gasteiger partial charge in [-0.05, 0) is 170 Å². The monoisotopic (exact) mass is 750 g/mol. The smallest absolute Gasteiger partial charge is 0.0137 e. The van der Waals surface area contributed by atoms with Gasteiger partial charge < -0.3 is 0 Å². The van der Waals surface area contributed by atoms with Crippen LogP contribution in [0.25, 0.3) is 34.9 Å². The lowest BCUT2D eigenvalue weighted by Gasteiger charge is -2.37. The molecule has 9 aliphatic carbocycles. The SMILES string of the molecule is CC1(C)C2=C(C=C(C3=Cc4c(cc(C5=CC6=C(CC5)C(C)(C)c5ccccc56)c5c4=CCCC=5)C4C=C(C5=CCC6CCC=CC6=C5)C=CC34)CC2)c2ccccc21. The highest BCUT2D eigenvalue weighted by Gasteiger charge is 2.41. The number of hydrogen-bond acceptors (Lipinski definition) is 0. The Labute approximate surface area is 345 Å². The van der Waals surface area contributed by atoms with Crippen molar-refractivity contribution in [3.8, 4) is 0 Å². The summed E-state index contributed by atoms with van der Waals surface area (Å²) in [6.45, 7) is 9.76. The van der Waals surface area contributed by atoms with E-state index in [1.165, 1.54) is 107 Å². The number of benzene rings is 3. The molecule has 0 nitrogen and oxygen atoms in total. The van der Waals surface area contributed by atoms with Crippen molar-refractivity contribution in [2.24, 2.45) is 11.8 Å². The molecule has 3 unspecified atom stereocenters. The summed E-state index contributed by atoms with van der Waals surface area (Å²) in [5.41, 5.74) is 25.7. The van der Waals surface area contributed by atoms with Crippen LogP contribution in [0.1, 0.15) is 130 Å². The molecule has 0 saturated heterocycles. The minimum atomic E-state index is 0.0857. The molecule has 0 aromatic heterocycles. The second-order valence-electron chi connectivity index (χ2n) is 19.6. The van der Waals surface area contributed by atoms with Gasteiger partial charge >= 0.3 is 0 Å². The van der Waals surface area contributed by atoms with Gasteiger partial charge in [0.05, 0.1) is 0 Å². The molecular weight excluding hydrogens is 697 g/mol. The molecular formula is C58H54. The Morgan fingerprint density at radius 2 is 1.26 bits per heavy atom. The predicted octanol–water partition coefficient (Wildman–Crippen LogP) is 13.2. The van der Waals surface area contributed by atoms with Gasteiger partial charge in [0.25, 0.3) is 0 Å². The maximum Gasteiger partial charge on any atom is 0.0137 e. The van der Waals surface area contributed by atoms with E-state index >= 15 is 0 Å². The van der Waals surface area contributed by atoms with Crippen molar-refractivity contribution in [1.29, 1.82) is 0 Å². The zero-order valence-electron chi connectivity index (χ0n) is 34.7. The standard InChI is InChI=1S/C58H54/c1-57(2)53-19-11-9-17-44(53)51-31-39(24-27-55(51)57)46-34-50-48-30-38(37-22-21-35-13-5-6-14-36(35)29-37)23-26-43(48)47(33-49(50)42-16-8-7-15-41(42)46)40-25-28-56-52(32-40)45-18-10-12-20-54(45)58(56,3)4/h6,9-12,14-20,22-23,26,29-35,43,48H,5,7-8,13,21,24-25,27-28H2,1-4H3. The average Bonchev–Trinajstić information content (AvgIpc) is 3.64. The summed E-state index contributed by atoms with van der Waals surface area (Å²) in [7, 11) is 0. The summed E-state index contributed by atoms with van der Waals surface area (Å²) in [4.78, 5) is 0. The fourth-order valence-corrected chi connectivity index (χ4v) is 12.8. The zero-order chi connectivity index (χ0) is 38.9. The molecule has 3 atom stereocenters. The molecule has 0 heterocycles. The highest BCUT2D eigenvalue weighted by Crippen LogP contribution is 2.55. The Hall–Kier alpha value is -5.20. The van der Waals surface area contributed by atoms with E-state index in [0.717, 1.165) is 44.9 Å². The Morgan fingerprint density at radius 1 is 0.586 bits per heavy atom. The molecule has 9 aliphatic rings. The number of allylic oxidation sites excluding steroid dienone is 19. The lowest BCUT2D eigenvalue weighted by molar-refractivity contribution is 0.563. The summed E-state index contributed by atoms with van der Waals surface area (Å²) < 4.78 is 0. The largest absolute Gasteiger partial charge is 0.0842 e. The van der Waals surface area contributed by atoms with Crippen molar-refractivity contribution >= 4 is 34.9 Å². The molecule has 0 aliphatic heterocycles. The van der Waals surface area contributed by atoms with E-state index in [-0.39, 0.29) is 16.7 Å². The summed E-state index contributed by atoms with van der Waals surface area (Å²) in [6.07, 6.45) is 41.0. The maximum absolute atomic E-state index is 2.68. The molecule has 286 valence electrons. The van der Waals surface area contributed by atoms with Crippen molar-refractivity contribution in [1.82, 2.24) is 0 Å². The summed E-state index contributed by atoms with van der Waals surface area (Å²) in [5.74, 6) is 1.27. The minimum Gasteiger partial charge on any atom is -0.0842 e. The van der Waals surface area contributed by atoms with Gasteiger partial charge in [0.15, 0.2) is 0 Å². The van der Waals surface area contributed by atoms with Gasteiger partial charge in [-0.2, -0.15) is 0 Å². The first-order chi connectivity index (χ1) is 28.3. The van der Waals surface area contributed by atoms with Gasteiger partial charge in [0.1, 0.15) is 0 Å². The molecule has 0 saturated carbocycles. The molecule has 0 amide bonds. The molecule has 0 fully saturated rings. The lowest BCUT2D eigenvalue weighted by atomic mass is 9.66. The van der Waals surface area contributed by atoms with Crippen LogP contribution in [0.15, 0.2) is 148 Å². The van der Waals surface area contributed by atoms with Crippen molar-refractivity contribution in [3.05, 3.63) is 198 Å². The van der Waals surface area contributed by atoms with Gasteiger partial charge in [0, 0.05) is 22.7 Å². The second kappa shape index (κ2) is 12.6. The van der Waals surface area contributed by atoms with E-state index in [9.17, 15) is 0 Å². The number of fused-ring (bicyclic) bond motifs is 10. The highest BCUT2D eigenvalue weighted by atomic mass is 14.5. The Bertz CT molecular complexity index is 2850. The van der Waals surface area contributed by atoms with E-state index in [2.05, 4.69) is 155 Å². The second-order valence-corrected chi connectivity index (χ2v) is 19.6. The van der Waals surface area contributed by atoms with E-state index in [1.807, 2.05) is 0 Å². The van der Waals surface area contributed by atoms with Gasteiger partial charge in [-0.25, -0.2) is 0 Å². The number of hydrogen-bond donors (Lipinski definition) is 0. The van der Waals surface area contributed by atoms with Crippen molar-refractivity contribution < 1.29 is 0 Å². The molecule has 12 rings (SSSR count). The molecule has 0 heteroatoms. The number of rotatable bonds is 3. The van der Waals surface area contributed by atoms with Gasteiger partial charge in [-0.3, -0.25) is 0 Å². The van der Waals surface area contributed by atoms with Crippen LogP contribution in [0.2, 0.25) is 0 Å². The van der Waals surface area contributed by atoms with Crippen LogP contribution in [0.5, 0.6) is 0 Å². The van der Waals surface area contributed by atoms with Crippen molar-refractivity contribution in [3.63, 3.8) is 0 Å². The van der Waals surface area contributed by atoms with Gasteiger partial charge in [-0.15, -0.1) is 0 Å². The molecule has 0 spiro atoms. The molecule has 3 aromatic carbocycles. The van der Waals surface area contributed by atoms with E-state index < -0.39 is 0 Å². The molecule has 0 radical (unpaired) electrons. The van der Waals surface area contributed by atoms with Crippen LogP contribution in [0, 0.1) is 11.8 Å². The predicted molar refractivity (Wildman–Crippen MR) is 245 cm³/mol. The minimum absolute atomic E-state index is 0.0857. The van der Waals surface area contributed by atoms with Crippen LogP contribution in [0.3, 0.4) is 0 Å². The quantitative estimate of drug-likeness (QED) is 0.250. The van der Waals surface area contributed by atoms with Gasteiger partial charge in [0.2, 0.25) is 0 Å². The maximum atomic E-state index is 2.68. The fourth-order valence-electron chi connectivity index (χ4n) is 12.8.